The van der Waals surface area contributed by atoms with Crippen LogP contribution in [0.25, 0.3) is 5.76 Å². The number of aromatic nitrogens is 2. The van der Waals surface area contributed by atoms with Crippen molar-refractivity contribution in [3.63, 3.8) is 0 Å². The molecule has 0 radical (unpaired) electrons. The highest BCUT2D eigenvalue weighted by Gasteiger charge is 2.46. The Morgan fingerprint density at radius 2 is 1.74 bits per heavy atom. The molecule has 1 N–H and O–H groups in total. The van der Waals surface area contributed by atoms with Crippen LogP contribution in [-0.2, 0) is 16.1 Å². The largest absolute Gasteiger partial charge is 0.507 e. The third kappa shape index (κ3) is 3.76. The number of likely N-dealkylation sites (tertiary alicyclic amines) is 1. The minimum atomic E-state index is -0.922. The summed E-state index contributed by atoms with van der Waals surface area (Å²) in [4.78, 5) is 45.6. The molecule has 0 saturated carbocycles. The average Bonchev–Trinajstić information content (AvgIpc) is 3.05. The summed E-state index contributed by atoms with van der Waals surface area (Å²) in [6.45, 7) is 0.0766. The molecule has 154 valence electrons. The van der Waals surface area contributed by atoms with E-state index in [2.05, 4.69) is 9.97 Å². The molecule has 0 aliphatic carbocycles. The van der Waals surface area contributed by atoms with Gasteiger partial charge in [-0.05, 0) is 41.5 Å². The zero-order chi connectivity index (χ0) is 22.0. The zero-order valence-electron chi connectivity index (χ0n) is 16.1. The first-order valence-corrected chi connectivity index (χ1v) is 9.29. The molecule has 1 saturated heterocycles. The van der Waals surface area contributed by atoms with Crippen molar-refractivity contribution in [2.24, 2.45) is 0 Å². The first kappa shape index (κ1) is 19.9. The third-order valence-electron chi connectivity index (χ3n) is 4.99. The molecule has 1 unspecified atom stereocenters. The highest BCUT2D eigenvalue weighted by atomic mass is 16.6. The second-order valence-corrected chi connectivity index (χ2v) is 6.87. The Labute approximate surface area is 176 Å². The van der Waals surface area contributed by atoms with Crippen molar-refractivity contribution < 1.29 is 19.6 Å². The molecule has 1 fully saturated rings. The number of rotatable bonds is 5. The molecule has 1 amide bonds. The van der Waals surface area contributed by atoms with Gasteiger partial charge in [0.05, 0.1) is 16.5 Å². The Kier molecular flexibility index (Phi) is 5.23. The van der Waals surface area contributed by atoms with Crippen LogP contribution in [0.2, 0.25) is 0 Å². The van der Waals surface area contributed by atoms with Crippen LogP contribution in [0.1, 0.15) is 22.7 Å². The number of hydrogen-bond acceptors (Lipinski definition) is 7. The van der Waals surface area contributed by atoms with Gasteiger partial charge in [0.15, 0.2) is 0 Å². The van der Waals surface area contributed by atoms with E-state index in [4.69, 9.17) is 0 Å². The lowest BCUT2D eigenvalue weighted by molar-refractivity contribution is -0.384. The Morgan fingerprint density at radius 1 is 1.03 bits per heavy atom. The van der Waals surface area contributed by atoms with Crippen molar-refractivity contribution in [1.29, 1.82) is 0 Å². The van der Waals surface area contributed by atoms with E-state index >= 15 is 0 Å². The van der Waals surface area contributed by atoms with Crippen LogP contribution in [0.4, 0.5) is 5.69 Å². The summed E-state index contributed by atoms with van der Waals surface area (Å²) in [5.74, 6) is -1.94. The van der Waals surface area contributed by atoms with Gasteiger partial charge in [0.2, 0.25) is 0 Å². The topological polar surface area (TPSA) is 127 Å². The lowest BCUT2D eigenvalue weighted by Gasteiger charge is -2.25. The van der Waals surface area contributed by atoms with Gasteiger partial charge in [-0.25, -0.2) is 0 Å². The number of hydrogen-bond donors (Lipinski definition) is 1. The summed E-state index contributed by atoms with van der Waals surface area (Å²) in [6.07, 6.45) is 6.09. The van der Waals surface area contributed by atoms with Gasteiger partial charge in [-0.15, -0.1) is 0 Å². The zero-order valence-corrected chi connectivity index (χ0v) is 16.1. The first-order chi connectivity index (χ1) is 15.0. The molecule has 3 heterocycles. The molecule has 3 aromatic rings. The molecule has 1 aromatic carbocycles. The number of Topliss-reactive ketones (excluding diaryl/α,β-unsaturated/α-hetero) is 1. The number of non-ortho nitro benzene ring substituents is 1. The minimum Gasteiger partial charge on any atom is -0.507 e. The van der Waals surface area contributed by atoms with Crippen molar-refractivity contribution in [2.75, 3.05) is 0 Å². The lowest BCUT2D eigenvalue weighted by atomic mass is 9.95. The summed E-state index contributed by atoms with van der Waals surface area (Å²) in [6, 6.07) is 11.2. The Bertz CT molecular complexity index is 1180. The smallest absolute Gasteiger partial charge is 0.295 e. The van der Waals surface area contributed by atoms with Crippen LogP contribution < -0.4 is 0 Å². The fourth-order valence-corrected chi connectivity index (χ4v) is 3.52. The normalized spacial score (nSPS) is 17.7. The number of nitro benzene ring substituents is 1. The Hall–Kier alpha value is -4.40. The second kappa shape index (κ2) is 8.15. The molecule has 31 heavy (non-hydrogen) atoms. The van der Waals surface area contributed by atoms with E-state index in [1.54, 1.807) is 24.5 Å². The van der Waals surface area contributed by atoms with Gasteiger partial charge in [0.25, 0.3) is 17.4 Å². The molecule has 0 bridgehead atoms. The first-order valence-electron chi connectivity index (χ1n) is 9.29. The van der Waals surface area contributed by atoms with Crippen LogP contribution in [-0.4, -0.2) is 36.6 Å². The average molecular weight is 416 g/mol. The van der Waals surface area contributed by atoms with E-state index in [1.165, 1.54) is 53.7 Å². The molecular formula is C22H16N4O5. The molecular weight excluding hydrogens is 400 g/mol. The SMILES string of the molecule is O=C1C(=O)N(Cc2cccnc2)C(c2ccc([N+](=O)[O-])cc2)/C1=C(\O)c1ccncc1. The summed E-state index contributed by atoms with van der Waals surface area (Å²) in [5.41, 5.74) is 1.28. The van der Waals surface area contributed by atoms with E-state index in [1.807, 2.05) is 0 Å². The number of amides is 1. The molecule has 0 spiro atoms. The van der Waals surface area contributed by atoms with E-state index in [-0.39, 0.29) is 23.6 Å². The molecule has 4 rings (SSSR count). The number of carbonyl (C=O) groups is 2. The maximum atomic E-state index is 12.9. The molecule has 9 heteroatoms. The number of pyridine rings is 2. The van der Waals surface area contributed by atoms with Crippen LogP contribution in [0.5, 0.6) is 0 Å². The van der Waals surface area contributed by atoms with Gasteiger partial charge in [-0.1, -0.05) is 6.07 Å². The van der Waals surface area contributed by atoms with Gasteiger partial charge >= 0.3 is 0 Å². The maximum absolute atomic E-state index is 12.9. The predicted molar refractivity (Wildman–Crippen MR) is 109 cm³/mol. The van der Waals surface area contributed by atoms with Crippen molar-refractivity contribution in [3.05, 3.63) is 106 Å². The number of nitro groups is 1. The Morgan fingerprint density at radius 3 is 2.35 bits per heavy atom. The van der Waals surface area contributed by atoms with E-state index < -0.39 is 22.7 Å². The van der Waals surface area contributed by atoms with E-state index in [0.717, 1.165) is 0 Å². The quantitative estimate of drug-likeness (QED) is 0.223. The van der Waals surface area contributed by atoms with Gasteiger partial charge < -0.3 is 10.0 Å². The summed E-state index contributed by atoms with van der Waals surface area (Å²) >= 11 is 0. The molecule has 1 atom stereocenters. The number of aliphatic hydroxyl groups excluding tert-OH is 1. The maximum Gasteiger partial charge on any atom is 0.295 e. The van der Waals surface area contributed by atoms with Crippen molar-refractivity contribution in [1.82, 2.24) is 14.9 Å². The molecule has 2 aromatic heterocycles. The third-order valence-corrected chi connectivity index (χ3v) is 4.99. The molecule has 1 aliphatic heterocycles. The lowest BCUT2D eigenvalue weighted by Crippen LogP contribution is -2.29. The van der Waals surface area contributed by atoms with Gasteiger partial charge in [0.1, 0.15) is 5.76 Å². The number of benzene rings is 1. The molecule has 1 aliphatic rings. The van der Waals surface area contributed by atoms with Gasteiger partial charge in [-0.2, -0.15) is 0 Å². The van der Waals surface area contributed by atoms with E-state index in [0.29, 0.717) is 16.7 Å². The van der Waals surface area contributed by atoms with Crippen LogP contribution >= 0.6 is 0 Å². The number of aliphatic hydroxyl groups is 1. The van der Waals surface area contributed by atoms with Crippen molar-refractivity contribution in [3.8, 4) is 0 Å². The predicted octanol–water partition coefficient (Wildman–Crippen LogP) is 3.01. The fraction of sp³-hybridized carbons (Fsp3) is 0.0909. The number of ketones is 1. The summed E-state index contributed by atoms with van der Waals surface area (Å²) in [5, 5.41) is 21.9. The second-order valence-electron chi connectivity index (χ2n) is 6.87. The fourth-order valence-electron chi connectivity index (χ4n) is 3.52. The highest BCUT2D eigenvalue weighted by Crippen LogP contribution is 2.40. The van der Waals surface area contributed by atoms with Crippen molar-refractivity contribution >= 4 is 23.1 Å². The Balaban J connectivity index is 1.85. The number of nitrogens with zero attached hydrogens (tertiary/aromatic N) is 4. The van der Waals surface area contributed by atoms with Crippen LogP contribution in [0, 0.1) is 10.1 Å². The van der Waals surface area contributed by atoms with Gasteiger partial charge in [0, 0.05) is 49.0 Å². The van der Waals surface area contributed by atoms with Crippen molar-refractivity contribution in [2.45, 2.75) is 12.6 Å². The van der Waals surface area contributed by atoms with Crippen LogP contribution in [0.3, 0.4) is 0 Å². The van der Waals surface area contributed by atoms with Crippen LogP contribution in [0.15, 0.2) is 78.9 Å². The van der Waals surface area contributed by atoms with Gasteiger partial charge in [-0.3, -0.25) is 29.7 Å². The standard InChI is InChI=1S/C22H16N4O5/c27-20(16-7-10-23-11-8-16)18-19(15-3-5-17(6-4-15)26(30)31)25(22(29)21(18)28)13-14-2-1-9-24-12-14/h1-12,19,27H,13H2/b20-18+. The molecule has 9 nitrogen and oxygen atoms in total. The highest BCUT2D eigenvalue weighted by molar-refractivity contribution is 6.46. The van der Waals surface area contributed by atoms with E-state index in [9.17, 15) is 24.8 Å². The number of carbonyl (C=O) groups excluding carboxylic acids is 2. The minimum absolute atomic E-state index is 0.0766. The summed E-state index contributed by atoms with van der Waals surface area (Å²) < 4.78 is 0. The monoisotopic (exact) mass is 416 g/mol. The summed E-state index contributed by atoms with van der Waals surface area (Å²) in [7, 11) is 0.